The number of aryl methyl sites for hydroxylation is 1. The van der Waals surface area contributed by atoms with Crippen LogP contribution in [0.4, 0.5) is 8.78 Å². The minimum Gasteiger partial charge on any atom is -0.343 e. The lowest BCUT2D eigenvalue weighted by Crippen LogP contribution is -2.23. The van der Waals surface area contributed by atoms with Crippen molar-refractivity contribution in [3.63, 3.8) is 0 Å². The predicted octanol–water partition coefficient (Wildman–Crippen LogP) is 3.35. The van der Waals surface area contributed by atoms with Crippen LogP contribution in [0, 0.1) is 11.6 Å². The molecule has 0 aliphatic rings. The van der Waals surface area contributed by atoms with Crippen LogP contribution in [0.5, 0.6) is 0 Å². The largest absolute Gasteiger partial charge is 0.343 e. The number of amides is 1. The molecule has 0 unspecified atom stereocenters. The van der Waals surface area contributed by atoms with Crippen LogP contribution >= 0.6 is 11.3 Å². The van der Waals surface area contributed by atoms with Gasteiger partial charge in [0.2, 0.25) is 0 Å². The minimum absolute atomic E-state index is 0.0426. The van der Waals surface area contributed by atoms with Crippen LogP contribution in [0.3, 0.4) is 0 Å². The third kappa shape index (κ3) is 3.87. The topological polar surface area (TPSA) is 80.9 Å². The molecule has 0 atom stereocenters. The van der Waals surface area contributed by atoms with Crippen molar-refractivity contribution in [1.82, 2.24) is 20.4 Å². The molecular weight excluding hydrogens is 350 g/mol. The van der Waals surface area contributed by atoms with Gasteiger partial charge in [-0.3, -0.25) is 4.79 Å². The molecule has 130 valence electrons. The Balaban J connectivity index is 1.66. The Morgan fingerprint density at radius 2 is 2.04 bits per heavy atom. The summed E-state index contributed by atoms with van der Waals surface area (Å²) in [7, 11) is 0. The average Bonchev–Trinajstić information content (AvgIpc) is 3.23. The van der Waals surface area contributed by atoms with Crippen LogP contribution in [0.15, 0.2) is 28.1 Å². The molecule has 1 amide bonds. The van der Waals surface area contributed by atoms with Crippen molar-refractivity contribution >= 4 is 17.2 Å². The fraction of sp³-hybridized carbons (Fsp3) is 0.250. The van der Waals surface area contributed by atoms with Crippen LogP contribution in [0.1, 0.15) is 34.7 Å². The van der Waals surface area contributed by atoms with Crippen LogP contribution < -0.4 is 5.32 Å². The molecular formula is C16H14F2N4O2S. The fourth-order valence-electron chi connectivity index (χ4n) is 2.12. The van der Waals surface area contributed by atoms with Gasteiger partial charge in [-0.25, -0.2) is 13.8 Å². The Bertz CT molecular complexity index is 874. The van der Waals surface area contributed by atoms with Crippen molar-refractivity contribution in [1.29, 1.82) is 0 Å². The first-order chi connectivity index (χ1) is 12.1. The van der Waals surface area contributed by atoms with Gasteiger partial charge in [-0.05, 0) is 25.0 Å². The number of nitrogens with zero attached hydrogens (tertiary/aromatic N) is 3. The van der Waals surface area contributed by atoms with Crippen LogP contribution in [0.25, 0.3) is 11.5 Å². The lowest BCUT2D eigenvalue weighted by molar-refractivity contribution is 0.0945. The zero-order chi connectivity index (χ0) is 17.8. The van der Waals surface area contributed by atoms with E-state index in [4.69, 9.17) is 4.52 Å². The first-order valence-corrected chi connectivity index (χ1v) is 8.46. The van der Waals surface area contributed by atoms with Crippen LogP contribution in [0.2, 0.25) is 0 Å². The second-order valence-electron chi connectivity index (χ2n) is 5.17. The summed E-state index contributed by atoms with van der Waals surface area (Å²) in [6.45, 7) is 1.99. The Morgan fingerprint density at radius 3 is 2.76 bits per heavy atom. The molecule has 0 aliphatic heterocycles. The van der Waals surface area contributed by atoms with E-state index in [0.717, 1.165) is 30.0 Å². The molecule has 0 saturated carbocycles. The van der Waals surface area contributed by atoms with Crippen molar-refractivity contribution in [2.75, 3.05) is 0 Å². The number of thiazole rings is 1. The third-order valence-corrected chi connectivity index (χ3v) is 4.21. The van der Waals surface area contributed by atoms with E-state index in [1.54, 1.807) is 5.38 Å². The third-order valence-electron chi connectivity index (χ3n) is 3.30. The monoisotopic (exact) mass is 364 g/mol. The second kappa shape index (κ2) is 7.47. The number of carbonyl (C=O) groups excluding carboxylic acids is 1. The van der Waals surface area contributed by atoms with E-state index in [1.165, 1.54) is 17.4 Å². The predicted molar refractivity (Wildman–Crippen MR) is 86.9 cm³/mol. The quantitative estimate of drug-likeness (QED) is 0.725. The number of rotatable bonds is 6. The maximum atomic E-state index is 13.7. The first kappa shape index (κ1) is 17.2. The maximum Gasteiger partial charge on any atom is 0.271 e. The van der Waals surface area contributed by atoms with E-state index in [-0.39, 0.29) is 24.2 Å². The van der Waals surface area contributed by atoms with E-state index in [2.05, 4.69) is 20.4 Å². The summed E-state index contributed by atoms with van der Waals surface area (Å²) < 4.78 is 32.3. The van der Waals surface area contributed by atoms with Gasteiger partial charge in [0.05, 0.1) is 11.6 Å². The van der Waals surface area contributed by atoms with E-state index in [0.29, 0.717) is 5.69 Å². The summed E-state index contributed by atoms with van der Waals surface area (Å²) in [5, 5.41) is 8.79. The number of nitrogens with one attached hydrogen (secondary N) is 1. The lowest BCUT2D eigenvalue weighted by Gasteiger charge is -1.99. The van der Waals surface area contributed by atoms with E-state index < -0.39 is 17.2 Å². The van der Waals surface area contributed by atoms with Crippen molar-refractivity contribution in [3.05, 3.63) is 51.7 Å². The molecule has 0 spiro atoms. The Hall–Kier alpha value is -2.68. The summed E-state index contributed by atoms with van der Waals surface area (Å²) >= 11 is 1.42. The Labute approximate surface area is 145 Å². The van der Waals surface area contributed by atoms with Crippen molar-refractivity contribution < 1.29 is 18.1 Å². The van der Waals surface area contributed by atoms with E-state index in [1.807, 2.05) is 6.92 Å². The minimum atomic E-state index is -0.801. The maximum absolute atomic E-state index is 13.7. The van der Waals surface area contributed by atoms with Gasteiger partial charge >= 0.3 is 0 Å². The summed E-state index contributed by atoms with van der Waals surface area (Å²) in [4.78, 5) is 20.2. The highest BCUT2D eigenvalue weighted by Crippen LogP contribution is 2.24. The van der Waals surface area contributed by atoms with Gasteiger partial charge < -0.3 is 9.84 Å². The number of carbonyl (C=O) groups is 1. The molecule has 25 heavy (non-hydrogen) atoms. The highest BCUT2D eigenvalue weighted by atomic mass is 32.1. The smallest absolute Gasteiger partial charge is 0.271 e. The highest BCUT2D eigenvalue weighted by Gasteiger charge is 2.18. The lowest BCUT2D eigenvalue weighted by atomic mass is 10.2. The molecule has 0 aliphatic carbocycles. The highest BCUT2D eigenvalue weighted by molar-refractivity contribution is 7.09. The number of hydrogen-bond acceptors (Lipinski definition) is 6. The van der Waals surface area contributed by atoms with Crippen molar-refractivity contribution in [2.24, 2.45) is 0 Å². The van der Waals surface area contributed by atoms with Gasteiger partial charge in [-0.1, -0.05) is 18.1 Å². The zero-order valence-corrected chi connectivity index (χ0v) is 14.1. The molecule has 3 rings (SSSR count). The Morgan fingerprint density at radius 1 is 1.28 bits per heavy atom. The Kier molecular flexibility index (Phi) is 5.13. The summed E-state index contributed by atoms with van der Waals surface area (Å²) in [5.74, 6) is -2.15. The average molecular weight is 364 g/mol. The normalized spacial score (nSPS) is 10.8. The number of halogens is 2. The summed E-state index contributed by atoms with van der Waals surface area (Å²) in [6.07, 6.45) is 1.77. The van der Waals surface area contributed by atoms with Crippen LogP contribution in [-0.2, 0) is 13.0 Å². The molecule has 0 bridgehead atoms. The van der Waals surface area contributed by atoms with E-state index in [9.17, 15) is 13.6 Å². The van der Waals surface area contributed by atoms with Crippen molar-refractivity contribution in [3.8, 4) is 11.5 Å². The fourth-order valence-corrected chi connectivity index (χ4v) is 3.00. The van der Waals surface area contributed by atoms with Gasteiger partial charge in [-0.2, -0.15) is 4.98 Å². The summed E-state index contributed by atoms with van der Waals surface area (Å²) in [6, 6.07) is 3.44. The molecule has 0 saturated heterocycles. The second-order valence-corrected chi connectivity index (χ2v) is 6.11. The van der Waals surface area contributed by atoms with Gasteiger partial charge in [0.1, 0.15) is 22.9 Å². The van der Waals surface area contributed by atoms with Gasteiger partial charge in [-0.15, -0.1) is 11.3 Å². The van der Waals surface area contributed by atoms with Gasteiger partial charge in [0.15, 0.2) is 5.82 Å². The molecule has 2 heterocycles. The van der Waals surface area contributed by atoms with Crippen LogP contribution in [-0.4, -0.2) is 21.0 Å². The molecule has 0 radical (unpaired) electrons. The number of hydrogen-bond donors (Lipinski definition) is 1. The van der Waals surface area contributed by atoms with Crippen molar-refractivity contribution in [2.45, 2.75) is 26.3 Å². The van der Waals surface area contributed by atoms with Gasteiger partial charge in [0, 0.05) is 5.38 Å². The van der Waals surface area contributed by atoms with E-state index >= 15 is 0 Å². The molecule has 2 aromatic heterocycles. The SMILES string of the molecule is CCCc1nc(C(=O)NCc2noc(-c3c(F)cccc3F)n2)cs1. The molecule has 1 aromatic carbocycles. The molecule has 3 aromatic rings. The molecule has 6 nitrogen and oxygen atoms in total. The summed E-state index contributed by atoms with van der Waals surface area (Å²) in [5.41, 5.74) is -0.0754. The molecule has 1 N–H and O–H groups in total. The molecule has 0 fully saturated rings. The standard InChI is InChI=1S/C16H14F2N4O2S/c1-2-4-13-20-11(8-25-13)15(23)19-7-12-21-16(24-22-12)14-9(17)5-3-6-10(14)18/h3,5-6,8H,2,4,7H2,1H3,(H,19,23). The molecule has 9 heteroatoms. The zero-order valence-electron chi connectivity index (χ0n) is 13.3. The van der Waals surface area contributed by atoms with Gasteiger partial charge in [0.25, 0.3) is 11.8 Å². The number of benzene rings is 1. The number of aromatic nitrogens is 3. The first-order valence-electron chi connectivity index (χ1n) is 7.58.